The van der Waals surface area contributed by atoms with Crippen molar-refractivity contribution in [3.8, 4) is 28.4 Å². The molecule has 0 saturated carbocycles. The van der Waals surface area contributed by atoms with Crippen molar-refractivity contribution in [3.63, 3.8) is 0 Å². The van der Waals surface area contributed by atoms with Gasteiger partial charge < -0.3 is 34.3 Å². The number of aromatic hydroxyl groups is 1. The molecule has 10 aromatic rings. The van der Waals surface area contributed by atoms with E-state index in [0.29, 0.717) is 81.0 Å². The summed E-state index contributed by atoms with van der Waals surface area (Å²) in [5.74, 6) is -3.77. The van der Waals surface area contributed by atoms with E-state index in [9.17, 15) is 62.3 Å². The van der Waals surface area contributed by atoms with Gasteiger partial charge in [0, 0.05) is 87.1 Å². The summed E-state index contributed by atoms with van der Waals surface area (Å²) >= 11 is 0. The lowest BCUT2D eigenvalue weighted by atomic mass is 9.92. The zero-order valence-corrected chi connectivity index (χ0v) is 55.6. The molecule has 0 radical (unpaired) electrons. The van der Waals surface area contributed by atoms with Crippen molar-refractivity contribution < 1.29 is 80.1 Å². The van der Waals surface area contributed by atoms with Gasteiger partial charge in [-0.25, -0.2) is 39.4 Å². The number of furan rings is 2. The maximum atomic E-state index is 14.3. The van der Waals surface area contributed by atoms with Crippen LogP contribution in [-0.4, -0.2) is 141 Å². The summed E-state index contributed by atoms with van der Waals surface area (Å²) in [5, 5.41) is 18.7. The van der Waals surface area contributed by atoms with E-state index < -0.39 is 82.9 Å². The number of hydrogen-bond acceptors (Lipinski definition) is 16. The van der Waals surface area contributed by atoms with E-state index in [2.05, 4.69) is 20.9 Å². The molecular formula is C67H66F4N8O14S3. The van der Waals surface area contributed by atoms with Gasteiger partial charge in [-0.15, -0.1) is 0 Å². The Morgan fingerprint density at radius 1 is 0.604 bits per heavy atom. The Balaban J connectivity index is 0.000000180. The fourth-order valence-corrected chi connectivity index (χ4v) is 13.3. The molecule has 2 saturated heterocycles. The Kier molecular flexibility index (Phi) is 19.6. The molecule has 504 valence electrons. The molecule has 12 rings (SSSR count). The number of para-hydroxylation sites is 2. The van der Waals surface area contributed by atoms with Crippen LogP contribution in [0.25, 0.3) is 55.7 Å². The highest BCUT2D eigenvalue weighted by molar-refractivity contribution is 7.92. The third-order valence-electron chi connectivity index (χ3n) is 17.0. The normalized spacial score (nSPS) is 16.8. The first kappa shape index (κ1) is 69.2. The number of carbonyl (C=O) groups is 3. The lowest BCUT2D eigenvalue weighted by Gasteiger charge is -2.23. The van der Waals surface area contributed by atoms with Crippen LogP contribution in [0.3, 0.4) is 0 Å². The number of sulfonamides is 2. The number of halogens is 4. The second kappa shape index (κ2) is 27.2. The predicted molar refractivity (Wildman–Crippen MR) is 355 cm³/mol. The van der Waals surface area contributed by atoms with Gasteiger partial charge in [-0.3, -0.25) is 37.3 Å². The number of anilines is 3. The van der Waals surface area contributed by atoms with Crippen molar-refractivity contribution in [3.05, 3.63) is 190 Å². The van der Waals surface area contributed by atoms with Gasteiger partial charge in [0.2, 0.25) is 31.8 Å². The van der Waals surface area contributed by atoms with E-state index in [1.165, 1.54) is 117 Å². The van der Waals surface area contributed by atoms with Gasteiger partial charge >= 0.3 is 0 Å². The maximum Gasteiger partial charge on any atom is 0.294 e. The minimum atomic E-state index is -4.02. The van der Waals surface area contributed by atoms with Crippen molar-refractivity contribution in [2.75, 3.05) is 81.8 Å². The number of nitrogens with one attached hydrogen (secondary N) is 3. The molecule has 22 nitrogen and oxygen atoms in total. The van der Waals surface area contributed by atoms with Gasteiger partial charge in [0.15, 0.2) is 17.2 Å². The van der Waals surface area contributed by atoms with Crippen LogP contribution in [0.15, 0.2) is 152 Å². The van der Waals surface area contributed by atoms with Crippen LogP contribution in [-0.2, 0) is 35.0 Å². The van der Waals surface area contributed by atoms with Gasteiger partial charge in [-0.05, 0) is 142 Å². The third kappa shape index (κ3) is 14.3. The number of likely N-dealkylation sites (tertiary alicyclic amines) is 2. The SMILES string of the molecule is CNC(=O)c1c(-c2ccc(F)cc2)oc2cc(N(C)S(C)(=O)=O)c(C3C[C@@H](C(=O)Nc4c(O)cccc4F)N(C)C3)cc12.CNC(=O)c1c(-c2ccc(F)cc2)oc2cc(N(C)S(C)(=O)=O)c(C3C[C@@H](c4nc5c(F)cccc5o4)N(C)C3)cc12.Cc1ccc(S(=O)(=O)O)cc1. The number of oxazole rings is 1. The molecule has 0 aliphatic carbocycles. The number of nitrogens with zero attached hydrogens (tertiary/aromatic N) is 5. The van der Waals surface area contributed by atoms with E-state index in [0.717, 1.165) is 28.4 Å². The molecule has 29 heteroatoms. The summed E-state index contributed by atoms with van der Waals surface area (Å²) in [6, 6.07) is 30.9. The minimum Gasteiger partial charge on any atom is -0.506 e. The molecule has 2 fully saturated rings. The lowest BCUT2D eigenvalue weighted by molar-refractivity contribution is -0.120. The van der Waals surface area contributed by atoms with E-state index in [-0.39, 0.29) is 68.6 Å². The Morgan fingerprint density at radius 3 is 1.53 bits per heavy atom. The Labute approximate surface area is 550 Å². The first-order chi connectivity index (χ1) is 45.2. The topological polar surface area (TPSA) is 295 Å². The highest BCUT2D eigenvalue weighted by Gasteiger charge is 2.40. The van der Waals surface area contributed by atoms with Crippen LogP contribution in [0.1, 0.15) is 74.0 Å². The van der Waals surface area contributed by atoms with Crippen molar-refractivity contribution in [1.82, 2.24) is 25.4 Å². The summed E-state index contributed by atoms with van der Waals surface area (Å²) in [6.45, 7) is 2.68. The Bertz CT molecular complexity index is 4990. The van der Waals surface area contributed by atoms with Crippen molar-refractivity contribution >= 4 is 98.0 Å². The molecule has 0 spiro atoms. The fourth-order valence-electron chi connectivity index (χ4n) is 11.8. The summed E-state index contributed by atoms with van der Waals surface area (Å²) in [4.78, 5) is 47.6. The summed E-state index contributed by atoms with van der Waals surface area (Å²) in [7, 11) is -2.00. The number of phenolic OH excluding ortho intramolecular Hbond substituents is 1. The molecule has 3 aromatic heterocycles. The lowest BCUT2D eigenvalue weighted by Crippen LogP contribution is -2.37. The van der Waals surface area contributed by atoms with E-state index in [1.807, 2.05) is 18.9 Å². The fraction of sp³-hybridized carbons (Fsp3) is 0.254. The summed E-state index contributed by atoms with van der Waals surface area (Å²) < 4.78 is 157. The molecule has 7 aromatic carbocycles. The molecule has 2 unspecified atom stereocenters. The van der Waals surface area contributed by atoms with Crippen LogP contribution in [0, 0.1) is 30.2 Å². The van der Waals surface area contributed by atoms with Crippen LogP contribution < -0.4 is 24.6 Å². The third-order valence-corrected chi connectivity index (χ3v) is 20.2. The van der Waals surface area contributed by atoms with Crippen LogP contribution in [0.5, 0.6) is 5.75 Å². The zero-order chi connectivity index (χ0) is 69.6. The van der Waals surface area contributed by atoms with Gasteiger partial charge in [-0.2, -0.15) is 8.42 Å². The molecule has 96 heavy (non-hydrogen) atoms. The number of fused-ring (bicyclic) bond motifs is 3. The molecule has 2 aliphatic heterocycles. The van der Waals surface area contributed by atoms with Crippen LogP contribution in [0.4, 0.5) is 34.6 Å². The zero-order valence-electron chi connectivity index (χ0n) is 53.1. The average Bonchev–Trinajstić information content (AvgIpc) is 1.58. The second-order valence-electron chi connectivity index (χ2n) is 23.4. The standard InChI is InChI=1S/C30H30F2N4O6S.C30H28F2N4O5S.C7H8O3S/c1-33-30(39)26-20-13-19(17-12-23(35(2)15-17)29(38)34-27-21(32)6-5-7-24(27)37)22(36(3)43(4,40)41)14-25(20)42-28(26)16-8-10-18(31)11-9-16;1-33-29(37)26-20-13-19(17-12-23(35(2)15-17)30-34-27-21(32)6-5-7-24(27)41-30)22(36(3)42(4,38)39)14-25(20)40-28(26)16-8-10-18(31)11-9-16;1-6-2-4-7(5-3-6)11(8,9)10/h5-11,13-14,17,23,37H,12,15H2,1-4H3,(H,33,39)(H,34,38);5-11,13-14,17,23H,12,15H2,1-4H3,(H,33,37);2-5H,1H3,(H,8,9,10)/t2*17?,23-;/m00./s1. The molecular weight excluding hydrogens is 1310 g/mol. The van der Waals surface area contributed by atoms with Gasteiger partial charge in [0.1, 0.15) is 51.3 Å². The number of rotatable bonds is 14. The maximum absolute atomic E-state index is 14.3. The van der Waals surface area contributed by atoms with Crippen molar-refractivity contribution in [1.29, 1.82) is 0 Å². The first-order valence-electron chi connectivity index (χ1n) is 29.6. The number of aryl methyl sites for hydroxylation is 1. The number of carbonyl (C=O) groups excluding carboxylic acids is 3. The van der Waals surface area contributed by atoms with E-state index >= 15 is 0 Å². The van der Waals surface area contributed by atoms with Crippen molar-refractivity contribution in [2.24, 2.45) is 0 Å². The largest absolute Gasteiger partial charge is 0.506 e. The van der Waals surface area contributed by atoms with Crippen LogP contribution in [0.2, 0.25) is 0 Å². The number of hydrogen-bond donors (Lipinski definition) is 5. The monoisotopic (exact) mass is 1380 g/mol. The molecule has 5 N–H and O–H groups in total. The minimum absolute atomic E-state index is 0.0666. The van der Waals surface area contributed by atoms with Crippen LogP contribution >= 0.6 is 0 Å². The van der Waals surface area contributed by atoms with E-state index in [1.54, 1.807) is 54.4 Å². The van der Waals surface area contributed by atoms with Gasteiger partial charge in [-0.1, -0.05) is 29.8 Å². The average molecular weight is 1380 g/mol. The molecule has 5 heterocycles. The first-order valence-corrected chi connectivity index (χ1v) is 34.7. The number of aromatic nitrogens is 1. The number of benzene rings is 7. The van der Waals surface area contributed by atoms with Crippen molar-refractivity contribution in [2.45, 2.75) is 48.6 Å². The van der Waals surface area contributed by atoms with Gasteiger partial charge in [0.25, 0.3) is 21.9 Å². The highest BCUT2D eigenvalue weighted by Crippen LogP contribution is 2.48. The Hall–Kier alpha value is -9.65. The van der Waals surface area contributed by atoms with Gasteiger partial charge in [0.05, 0.1) is 52.0 Å². The number of likely N-dealkylation sites (N-methyl/N-ethyl adjacent to an activating group) is 2. The number of amides is 3. The predicted octanol–water partition coefficient (Wildman–Crippen LogP) is 10.9. The second-order valence-corrected chi connectivity index (χ2v) is 28.8. The molecule has 2 aliphatic rings. The number of phenols is 1. The highest BCUT2D eigenvalue weighted by atomic mass is 32.2. The summed E-state index contributed by atoms with van der Waals surface area (Å²) in [5.41, 5.74) is 4.99. The molecule has 0 bridgehead atoms. The molecule has 4 atom stereocenters. The quantitative estimate of drug-likeness (QED) is 0.0384. The molecule has 3 amide bonds. The Morgan fingerprint density at radius 2 is 1.07 bits per heavy atom. The summed E-state index contributed by atoms with van der Waals surface area (Å²) in [6.07, 6.45) is 2.89. The smallest absolute Gasteiger partial charge is 0.294 e. The van der Waals surface area contributed by atoms with E-state index in [4.69, 9.17) is 17.8 Å².